The molecule has 0 saturated carbocycles. The number of rotatable bonds is 3. The van der Waals surface area contributed by atoms with Crippen LogP contribution in [0.4, 0.5) is 0 Å². The highest BCUT2D eigenvalue weighted by molar-refractivity contribution is 6.18. The topological polar surface area (TPSA) is 46.2 Å². The molecule has 0 amide bonds. The fourth-order valence-corrected chi connectivity index (χ4v) is 0.753. The smallest absolute Gasteiger partial charge is 0.0828 e. The highest BCUT2D eigenvalue weighted by atomic mass is 35.5. The number of alkyl halides is 1. The van der Waals surface area contributed by atoms with Gasteiger partial charge in [0.15, 0.2) is 0 Å². The number of hydrogen-bond acceptors (Lipinski definition) is 2. The van der Waals surface area contributed by atoms with E-state index in [9.17, 15) is 0 Å². The van der Waals surface area contributed by atoms with Gasteiger partial charge in [0.2, 0.25) is 0 Å². The van der Waals surface area contributed by atoms with Gasteiger partial charge in [-0.2, -0.15) is 0 Å². The Hall–Kier alpha value is 0.210. The average Bonchev–Trinajstić information content (AvgIpc) is 1.84. The van der Waals surface area contributed by atoms with Crippen molar-refractivity contribution < 1.29 is 5.11 Å². The molecule has 0 bridgehead atoms. The third-order valence-electron chi connectivity index (χ3n) is 1.37. The summed E-state index contributed by atoms with van der Waals surface area (Å²) in [4.78, 5) is 0. The van der Waals surface area contributed by atoms with Crippen LogP contribution in [0.2, 0.25) is 0 Å². The quantitative estimate of drug-likeness (QED) is 0.580. The van der Waals surface area contributed by atoms with Crippen molar-refractivity contribution in [1.29, 1.82) is 0 Å². The van der Waals surface area contributed by atoms with E-state index in [1.54, 1.807) is 0 Å². The molecular weight excluding hydrogens is 138 g/mol. The molecule has 2 atom stereocenters. The van der Waals surface area contributed by atoms with Crippen LogP contribution in [0.15, 0.2) is 0 Å². The zero-order valence-electron chi connectivity index (χ0n) is 5.84. The SMILES string of the molecule is CC(C)[C@H](N)[C@H](O)CCl. The second-order valence-electron chi connectivity index (χ2n) is 2.54. The Morgan fingerprint density at radius 2 is 2.00 bits per heavy atom. The lowest BCUT2D eigenvalue weighted by molar-refractivity contribution is 0.145. The third kappa shape index (κ3) is 3.04. The van der Waals surface area contributed by atoms with Crippen molar-refractivity contribution in [3.05, 3.63) is 0 Å². The van der Waals surface area contributed by atoms with Gasteiger partial charge >= 0.3 is 0 Å². The molecule has 0 aromatic heterocycles. The molecule has 0 aliphatic carbocycles. The minimum absolute atomic E-state index is 0.192. The van der Waals surface area contributed by atoms with E-state index >= 15 is 0 Å². The number of hydrogen-bond donors (Lipinski definition) is 2. The van der Waals surface area contributed by atoms with E-state index in [0.29, 0.717) is 5.92 Å². The van der Waals surface area contributed by atoms with Gasteiger partial charge in [-0.3, -0.25) is 0 Å². The zero-order valence-corrected chi connectivity index (χ0v) is 6.60. The summed E-state index contributed by atoms with van der Waals surface area (Å²) in [6.07, 6.45) is -0.563. The summed E-state index contributed by atoms with van der Waals surface area (Å²) in [5.74, 6) is 0.512. The summed E-state index contributed by atoms with van der Waals surface area (Å²) in [6, 6.07) is -0.192. The second-order valence-corrected chi connectivity index (χ2v) is 2.85. The van der Waals surface area contributed by atoms with E-state index in [-0.39, 0.29) is 11.9 Å². The Morgan fingerprint density at radius 3 is 2.11 bits per heavy atom. The fraction of sp³-hybridized carbons (Fsp3) is 1.00. The van der Waals surface area contributed by atoms with Crippen LogP contribution < -0.4 is 5.73 Å². The summed E-state index contributed by atoms with van der Waals surface area (Å²) < 4.78 is 0. The van der Waals surface area contributed by atoms with Gasteiger partial charge in [0.25, 0.3) is 0 Å². The van der Waals surface area contributed by atoms with Crippen molar-refractivity contribution in [2.45, 2.75) is 26.0 Å². The first-order valence-corrected chi connectivity index (χ1v) is 3.62. The Kier molecular flexibility index (Phi) is 4.19. The van der Waals surface area contributed by atoms with Crippen molar-refractivity contribution in [2.75, 3.05) is 5.88 Å². The molecular formula is C6H14ClNO. The van der Waals surface area contributed by atoms with E-state index in [4.69, 9.17) is 22.4 Å². The molecule has 56 valence electrons. The first-order valence-electron chi connectivity index (χ1n) is 3.09. The van der Waals surface area contributed by atoms with Crippen LogP contribution >= 0.6 is 11.6 Å². The predicted molar refractivity (Wildman–Crippen MR) is 39.5 cm³/mol. The molecule has 0 aromatic rings. The summed E-state index contributed by atoms with van der Waals surface area (Å²) in [5, 5.41) is 9.04. The molecule has 0 heterocycles. The maximum absolute atomic E-state index is 9.04. The molecule has 2 nitrogen and oxygen atoms in total. The van der Waals surface area contributed by atoms with Crippen molar-refractivity contribution in [2.24, 2.45) is 11.7 Å². The Labute approximate surface area is 61.0 Å². The number of aliphatic hydroxyl groups excluding tert-OH is 1. The van der Waals surface area contributed by atoms with E-state index < -0.39 is 6.10 Å². The summed E-state index contributed by atoms with van der Waals surface area (Å²) >= 11 is 5.36. The van der Waals surface area contributed by atoms with E-state index in [1.165, 1.54) is 0 Å². The fourth-order valence-electron chi connectivity index (χ4n) is 0.547. The van der Waals surface area contributed by atoms with Gasteiger partial charge in [-0.1, -0.05) is 13.8 Å². The molecule has 3 heteroatoms. The molecule has 9 heavy (non-hydrogen) atoms. The number of nitrogens with two attached hydrogens (primary N) is 1. The molecule has 0 spiro atoms. The first-order chi connectivity index (χ1) is 4.09. The molecule has 3 N–H and O–H groups in total. The highest BCUT2D eigenvalue weighted by Crippen LogP contribution is 2.04. The maximum atomic E-state index is 9.04. The Morgan fingerprint density at radius 1 is 1.56 bits per heavy atom. The van der Waals surface area contributed by atoms with Crippen LogP contribution in [-0.4, -0.2) is 23.1 Å². The average molecular weight is 152 g/mol. The largest absolute Gasteiger partial charge is 0.390 e. The van der Waals surface area contributed by atoms with Crippen molar-refractivity contribution >= 4 is 11.6 Å². The van der Waals surface area contributed by atoms with Crippen molar-refractivity contribution in [3.63, 3.8) is 0 Å². The predicted octanol–water partition coefficient (Wildman–Crippen LogP) is 0.569. The first kappa shape index (κ1) is 9.21. The lowest BCUT2D eigenvalue weighted by atomic mass is 10.0. The van der Waals surface area contributed by atoms with E-state index in [0.717, 1.165) is 0 Å². The molecule has 0 rings (SSSR count). The lowest BCUT2D eigenvalue weighted by Gasteiger charge is -2.19. The summed E-state index contributed by atoms with van der Waals surface area (Å²) in [6.45, 7) is 3.92. The minimum atomic E-state index is -0.563. The van der Waals surface area contributed by atoms with Crippen LogP contribution in [0, 0.1) is 5.92 Å². The van der Waals surface area contributed by atoms with Crippen LogP contribution in [-0.2, 0) is 0 Å². The molecule has 0 saturated heterocycles. The van der Waals surface area contributed by atoms with Crippen molar-refractivity contribution in [1.82, 2.24) is 0 Å². The Bertz CT molecular complexity index is 77.5. The minimum Gasteiger partial charge on any atom is -0.390 e. The van der Waals surface area contributed by atoms with Gasteiger partial charge in [-0.25, -0.2) is 0 Å². The van der Waals surface area contributed by atoms with E-state index in [1.807, 2.05) is 13.8 Å². The molecule has 0 radical (unpaired) electrons. The molecule has 0 aromatic carbocycles. The van der Waals surface area contributed by atoms with Gasteiger partial charge < -0.3 is 10.8 Å². The van der Waals surface area contributed by atoms with Gasteiger partial charge in [0.05, 0.1) is 6.10 Å². The van der Waals surface area contributed by atoms with Gasteiger partial charge in [0, 0.05) is 11.9 Å². The monoisotopic (exact) mass is 151 g/mol. The normalized spacial score (nSPS) is 18.0. The van der Waals surface area contributed by atoms with Gasteiger partial charge in [-0.15, -0.1) is 11.6 Å². The molecule has 0 fully saturated rings. The Balaban J connectivity index is 3.58. The summed E-state index contributed by atoms with van der Waals surface area (Å²) in [7, 11) is 0. The lowest BCUT2D eigenvalue weighted by Crippen LogP contribution is -2.40. The number of halogens is 1. The van der Waals surface area contributed by atoms with Crippen LogP contribution in [0.1, 0.15) is 13.8 Å². The molecule has 0 aliphatic rings. The van der Waals surface area contributed by atoms with Crippen LogP contribution in [0.25, 0.3) is 0 Å². The van der Waals surface area contributed by atoms with Gasteiger partial charge in [-0.05, 0) is 5.92 Å². The number of aliphatic hydroxyl groups is 1. The van der Waals surface area contributed by atoms with Crippen LogP contribution in [0.5, 0.6) is 0 Å². The maximum Gasteiger partial charge on any atom is 0.0828 e. The van der Waals surface area contributed by atoms with Crippen LogP contribution in [0.3, 0.4) is 0 Å². The van der Waals surface area contributed by atoms with E-state index in [2.05, 4.69) is 0 Å². The molecule has 0 unspecified atom stereocenters. The highest BCUT2D eigenvalue weighted by Gasteiger charge is 2.16. The second kappa shape index (κ2) is 4.09. The summed E-state index contributed by atoms with van der Waals surface area (Å²) in [5.41, 5.74) is 5.54. The van der Waals surface area contributed by atoms with Crippen molar-refractivity contribution in [3.8, 4) is 0 Å². The zero-order chi connectivity index (χ0) is 7.44. The third-order valence-corrected chi connectivity index (χ3v) is 1.69. The molecule has 0 aliphatic heterocycles. The van der Waals surface area contributed by atoms with Gasteiger partial charge in [0.1, 0.15) is 0 Å². The standard InChI is InChI=1S/C6H14ClNO/c1-4(2)6(8)5(9)3-7/h4-6,9H,3,8H2,1-2H3/t5-,6+/m1/s1.